The van der Waals surface area contributed by atoms with Gasteiger partial charge in [-0.05, 0) is 31.4 Å². The van der Waals surface area contributed by atoms with Crippen molar-refractivity contribution in [3.8, 4) is 6.07 Å². The van der Waals surface area contributed by atoms with Crippen LogP contribution in [0.15, 0.2) is 30.5 Å². The highest BCUT2D eigenvalue weighted by atomic mass is 32.1. The van der Waals surface area contributed by atoms with Gasteiger partial charge in [0.05, 0.1) is 12.1 Å². The van der Waals surface area contributed by atoms with E-state index in [1.807, 2.05) is 6.20 Å². The molecule has 1 aromatic heterocycles. The van der Waals surface area contributed by atoms with E-state index in [1.165, 1.54) is 16.1 Å². The summed E-state index contributed by atoms with van der Waals surface area (Å²) in [6, 6.07) is 11.5. The van der Waals surface area contributed by atoms with Crippen LogP contribution in [0.4, 0.5) is 5.69 Å². The van der Waals surface area contributed by atoms with Crippen molar-refractivity contribution in [2.45, 2.75) is 37.6 Å². The van der Waals surface area contributed by atoms with E-state index < -0.39 is 5.41 Å². The van der Waals surface area contributed by atoms with Gasteiger partial charge in [0.25, 0.3) is 0 Å². The van der Waals surface area contributed by atoms with Crippen molar-refractivity contribution in [3.63, 3.8) is 0 Å². The molecule has 0 spiro atoms. The number of benzene rings is 1. The van der Waals surface area contributed by atoms with Crippen molar-refractivity contribution < 1.29 is 0 Å². The SMILES string of the molecule is Cc1cnc([C@@]2(C#N)Cc3ccccc3N3CCC[C@@H]32)s1. The maximum Gasteiger partial charge on any atom is 0.133 e. The van der Waals surface area contributed by atoms with Gasteiger partial charge in [-0.2, -0.15) is 5.26 Å². The number of aryl methyl sites for hydroxylation is 1. The molecule has 0 amide bonds. The smallest absolute Gasteiger partial charge is 0.133 e. The Morgan fingerprint density at radius 2 is 2.29 bits per heavy atom. The first kappa shape index (κ1) is 12.8. The zero-order valence-corrected chi connectivity index (χ0v) is 12.9. The third-order valence-electron chi connectivity index (χ3n) is 4.79. The van der Waals surface area contributed by atoms with Gasteiger partial charge < -0.3 is 4.90 Å². The van der Waals surface area contributed by atoms with Crippen LogP contribution >= 0.6 is 11.3 Å². The Bertz CT molecular complexity index is 730. The van der Waals surface area contributed by atoms with Gasteiger partial charge in [0.2, 0.25) is 0 Å². The highest BCUT2D eigenvalue weighted by Gasteiger charge is 2.51. The summed E-state index contributed by atoms with van der Waals surface area (Å²) in [5.74, 6) is 0. The summed E-state index contributed by atoms with van der Waals surface area (Å²) in [4.78, 5) is 8.21. The minimum absolute atomic E-state index is 0.267. The van der Waals surface area contributed by atoms with Crippen molar-refractivity contribution in [2.75, 3.05) is 11.4 Å². The molecule has 0 saturated carbocycles. The second-order valence-corrected chi connectivity index (χ2v) is 7.25. The standard InChI is InChI=1S/C17H17N3S/c1-12-10-19-16(21-12)17(11-18)9-13-5-2-3-6-14(13)20-8-4-7-15(17)20/h2-3,5-6,10,15H,4,7-9H2,1H3/t15-,17-/m1/s1. The largest absolute Gasteiger partial charge is 0.366 e. The van der Waals surface area contributed by atoms with Crippen LogP contribution in [-0.4, -0.2) is 17.6 Å². The summed E-state index contributed by atoms with van der Waals surface area (Å²) in [7, 11) is 0. The summed E-state index contributed by atoms with van der Waals surface area (Å²) in [6.45, 7) is 3.12. The number of aromatic nitrogens is 1. The van der Waals surface area contributed by atoms with Gasteiger partial charge >= 0.3 is 0 Å². The van der Waals surface area contributed by atoms with Crippen LogP contribution in [0.3, 0.4) is 0 Å². The molecule has 0 radical (unpaired) electrons. The number of rotatable bonds is 1. The average molecular weight is 295 g/mol. The quantitative estimate of drug-likeness (QED) is 0.809. The van der Waals surface area contributed by atoms with Gasteiger partial charge in [-0.15, -0.1) is 11.3 Å². The lowest BCUT2D eigenvalue weighted by atomic mass is 9.72. The highest BCUT2D eigenvalue weighted by molar-refractivity contribution is 7.11. The number of hydrogen-bond acceptors (Lipinski definition) is 4. The minimum Gasteiger partial charge on any atom is -0.366 e. The third-order valence-corrected chi connectivity index (χ3v) is 5.88. The predicted molar refractivity (Wildman–Crippen MR) is 84.7 cm³/mol. The second kappa shape index (κ2) is 4.57. The highest BCUT2D eigenvalue weighted by Crippen LogP contribution is 2.47. The zero-order valence-electron chi connectivity index (χ0n) is 12.0. The van der Waals surface area contributed by atoms with Gasteiger partial charge in [-0.1, -0.05) is 18.2 Å². The van der Waals surface area contributed by atoms with Crippen LogP contribution in [0.5, 0.6) is 0 Å². The summed E-state index contributed by atoms with van der Waals surface area (Å²) < 4.78 is 0. The first-order valence-corrected chi connectivity index (χ1v) is 8.25. The molecule has 4 heteroatoms. The summed E-state index contributed by atoms with van der Waals surface area (Å²) >= 11 is 1.68. The first-order valence-electron chi connectivity index (χ1n) is 7.43. The van der Waals surface area contributed by atoms with Crippen LogP contribution in [0.25, 0.3) is 0 Å². The molecule has 1 aromatic carbocycles. The number of thiazole rings is 1. The molecule has 21 heavy (non-hydrogen) atoms. The molecule has 3 nitrogen and oxygen atoms in total. The minimum atomic E-state index is -0.482. The van der Waals surface area contributed by atoms with Crippen molar-refractivity contribution >= 4 is 17.0 Å². The Labute approximate surface area is 128 Å². The van der Waals surface area contributed by atoms with E-state index in [-0.39, 0.29) is 6.04 Å². The van der Waals surface area contributed by atoms with E-state index in [9.17, 15) is 5.26 Å². The van der Waals surface area contributed by atoms with Crippen molar-refractivity contribution in [2.24, 2.45) is 0 Å². The average Bonchev–Trinajstić information content (AvgIpc) is 3.15. The van der Waals surface area contributed by atoms with Crippen molar-refractivity contribution in [1.29, 1.82) is 5.26 Å². The number of nitriles is 1. The van der Waals surface area contributed by atoms with Crippen LogP contribution in [0, 0.1) is 18.3 Å². The molecule has 4 rings (SSSR count). The molecule has 2 aliphatic rings. The number of para-hydroxylation sites is 1. The third kappa shape index (κ3) is 1.74. The molecule has 0 bridgehead atoms. The monoisotopic (exact) mass is 295 g/mol. The Hall–Kier alpha value is -1.86. The van der Waals surface area contributed by atoms with Gasteiger partial charge in [-0.25, -0.2) is 4.98 Å². The van der Waals surface area contributed by atoms with Crippen LogP contribution in [0.1, 0.15) is 28.3 Å². The maximum atomic E-state index is 10.1. The van der Waals surface area contributed by atoms with E-state index in [2.05, 4.69) is 47.1 Å². The molecular weight excluding hydrogens is 278 g/mol. The Balaban J connectivity index is 1.91. The number of anilines is 1. The normalized spacial score (nSPS) is 27.0. The Kier molecular flexibility index (Phi) is 2.80. The molecule has 3 heterocycles. The lowest BCUT2D eigenvalue weighted by Crippen LogP contribution is -2.51. The number of hydrogen-bond donors (Lipinski definition) is 0. The molecule has 0 unspecified atom stereocenters. The van der Waals surface area contributed by atoms with Crippen LogP contribution in [-0.2, 0) is 11.8 Å². The fourth-order valence-corrected chi connectivity index (χ4v) is 4.82. The van der Waals surface area contributed by atoms with E-state index in [0.29, 0.717) is 0 Å². The lowest BCUT2D eigenvalue weighted by Gasteiger charge is -2.43. The molecule has 106 valence electrons. The van der Waals surface area contributed by atoms with Gasteiger partial charge in [0.1, 0.15) is 10.4 Å². The molecule has 1 saturated heterocycles. The van der Waals surface area contributed by atoms with Crippen molar-refractivity contribution in [3.05, 3.63) is 45.9 Å². The fourth-order valence-electron chi connectivity index (χ4n) is 3.87. The molecule has 0 N–H and O–H groups in total. The summed E-state index contributed by atoms with van der Waals surface area (Å²) in [5.41, 5.74) is 2.12. The molecule has 2 aliphatic heterocycles. The zero-order chi connectivity index (χ0) is 14.4. The van der Waals surface area contributed by atoms with Gasteiger partial charge in [0.15, 0.2) is 0 Å². The molecule has 2 aromatic rings. The summed E-state index contributed by atoms with van der Waals surface area (Å²) in [6.07, 6.45) is 4.93. The van der Waals surface area contributed by atoms with Crippen LogP contribution in [0.2, 0.25) is 0 Å². The van der Waals surface area contributed by atoms with Crippen molar-refractivity contribution in [1.82, 2.24) is 4.98 Å². The van der Waals surface area contributed by atoms with E-state index >= 15 is 0 Å². The predicted octanol–water partition coefficient (Wildman–Crippen LogP) is 3.44. The number of nitrogens with zero attached hydrogens (tertiary/aromatic N) is 3. The van der Waals surface area contributed by atoms with Crippen LogP contribution < -0.4 is 4.90 Å². The molecule has 2 atom stereocenters. The Morgan fingerprint density at radius 3 is 3.05 bits per heavy atom. The van der Waals surface area contributed by atoms with E-state index in [4.69, 9.17) is 0 Å². The molecular formula is C17H17N3S. The maximum absolute atomic E-state index is 10.1. The molecule has 0 aliphatic carbocycles. The first-order chi connectivity index (χ1) is 10.2. The van der Waals surface area contributed by atoms with E-state index in [1.54, 1.807) is 11.3 Å². The molecule has 1 fully saturated rings. The van der Waals surface area contributed by atoms with E-state index in [0.717, 1.165) is 30.8 Å². The second-order valence-electron chi connectivity index (χ2n) is 6.02. The lowest BCUT2D eigenvalue weighted by molar-refractivity contribution is 0.408. The summed E-state index contributed by atoms with van der Waals surface area (Å²) in [5, 5.41) is 11.1. The fraction of sp³-hybridized carbons (Fsp3) is 0.412. The number of fused-ring (bicyclic) bond motifs is 3. The van der Waals surface area contributed by atoms with Gasteiger partial charge in [0, 0.05) is 29.7 Å². The van der Waals surface area contributed by atoms with Gasteiger partial charge in [-0.3, -0.25) is 0 Å². The topological polar surface area (TPSA) is 39.9 Å². The Morgan fingerprint density at radius 1 is 1.43 bits per heavy atom.